The molecule has 0 aliphatic carbocycles. The summed E-state index contributed by atoms with van der Waals surface area (Å²) in [4.78, 5) is 3.97. The highest BCUT2D eigenvalue weighted by Crippen LogP contribution is 2.24. The van der Waals surface area contributed by atoms with Crippen molar-refractivity contribution in [2.75, 3.05) is 11.6 Å². The average Bonchev–Trinajstić information content (AvgIpc) is 2.41. The molecule has 0 bridgehead atoms. The number of hydrazone groups is 1. The van der Waals surface area contributed by atoms with Crippen molar-refractivity contribution in [2.24, 2.45) is 5.10 Å². The molecule has 5 nitrogen and oxygen atoms in total. The lowest BCUT2D eigenvalue weighted by molar-refractivity contribution is 0.625. The zero-order valence-corrected chi connectivity index (χ0v) is 12.0. The fraction of sp³-hybridized carbons (Fsp3) is 0.167. The van der Waals surface area contributed by atoms with Gasteiger partial charge in [0.1, 0.15) is 5.82 Å². The molecule has 2 aromatic heterocycles. The number of nitrogens with zero attached hydrogens (tertiary/aromatic N) is 5. The summed E-state index contributed by atoms with van der Waals surface area (Å²) in [5, 5.41) is 13.8. The van der Waals surface area contributed by atoms with E-state index in [2.05, 4.69) is 20.3 Å². The minimum absolute atomic E-state index is 0.200. The molecule has 2 heterocycles. The van der Waals surface area contributed by atoms with Gasteiger partial charge in [-0.2, -0.15) is 5.10 Å². The Balaban J connectivity index is 2.24. The van der Waals surface area contributed by atoms with Crippen LogP contribution in [0.5, 0.6) is 0 Å². The average molecular weight is 314 g/mol. The van der Waals surface area contributed by atoms with E-state index in [-0.39, 0.29) is 11.0 Å². The summed E-state index contributed by atoms with van der Waals surface area (Å²) in [6, 6.07) is 4.01. The SMILES string of the molecule is CCN(N=Cc1cc(F)ccn1)c1nnc(Cl)cc1Cl. The van der Waals surface area contributed by atoms with E-state index < -0.39 is 0 Å². The summed E-state index contributed by atoms with van der Waals surface area (Å²) in [7, 11) is 0. The predicted octanol–water partition coefficient (Wildman–Crippen LogP) is 3.18. The Hall–Kier alpha value is -1.79. The van der Waals surface area contributed by atoms with Crippen LogP contribution < -0.4 is 5.01 Å². The molecule has 0 saturated heterocycles. The largest absolute Gasteiger partial charge is 0.255 e. The maximum atomic E-state index is 13.0. The third kappa shape index (κ3) is 3.61. The normalized spacial score (nSPS) is 11.0. The van der Waals surface area contributed by atoms with Crippen molar-refractivity contribution in [3.8, 4) is 0 Å². The molecule has 0 aliphatic rings. The molecule has 0 radical (unpaired) electrons. The minimum Gasteiger partial charge on any atom is -0.255 e. The van der Waals surface area contributed by atoms with Gasteiger partial charge in [0, 0.05) is 18.8 Å². The number of halogens is 3. The van der Waals surface area contributed by atoms with Crippen LogP contribution in [0.1, 0.15) is 12.6 Å². The third-order valence-electron chi connectivity index (χ3n) is 2.32. The fourth-order valence-corrected chi connectivity index (χ4v) is 1.86. The maximum Gasteiger partial charge on any atom is 0.190 e. The van der Waals surface area contributed by atoms with Gasteiger partial charge in [-0.15, -0.1) is 10.2 Å². The van der Waals surface area contributed by atoms with Crippen molar-refractivity contribution in [3.05, 3.63) is 46.1 Å². The van der Waals surface area contributed by atoms with Gasteiger partial charge < -0.3 is 0 Å². The van der Waals surface area contributed by atoms with E-state index in [9.17, 15) is 4.39 Å². The highest BCUT2D eigenvalue weighted by molar-refractivity contribution is 6.35. The molecule has 0 aliphatic heterocycles. The van der Waals surface area contributed by atoms with Crippen LogP contribution in [-0.4, -0.2) is 27.9 Å². The van der Waals surface area contributed by atoms with E-state index in [1.54, 1.807) is 0 Å². The number of hydrogen-bond acceptors (Lipinski definition) is 5. The van der Waals surface area contributed by atoms with Gasteiger partial charge in [-0.05, 0) is 19.1 Å². The Kier molecular flexibility index (Phi) is 4.81. The van der Waals surface area contributed by atoms with Gasteiger partial charge in [-0.25, -0.2) is 9.40 Å². The molecule has 0 unspecified atom stereocenters. The van der Waals surface area contributed by atoms with Crippen molar-refractivity contribution >= 4 is 35.2 Å². The molecular formula is C12H10Cl2FN5. The van der Waals surface area contributed by atoms with Crippen molar-refractivity contribution in [1.82, 2.24) is 15.2 Å². The first-order valence-corrected chi connectivity index (χ1v) is 6.47. The van der Waals surface area contributed by atoms with Crippen LogP contribution in [0, 0.1) is 5.82 Å². The topological polar surface area (TPSA) is 54.3 Å². The molecule has 0 spiro atoms. The molecular weight excluding hydrogens is 304 g/mol. The fourth-order valence-electron chi connectivity index (χ4n) is 1.42. The lowest BCUT2D eigenvalue weighted by Crippen LogP contribution is -2.18. The first-order chi connectivity index (χ1) is 9.60. The summed E-state index contributed by atoms with van der Waals surface area (Å²) >= 11 is 11.7. The molecule has 0 atom stereocenters. The quantitative estimate of drug-likeness (QED) is 0.642. The Morgan fingerprint density at radius 2 is 2.15 bits per heavy atom. The van der Waals surface area contributed by atoms with Gasteiger partial charge in [0.05, 0.1) is 16.9 Å². The predicted molar refractivity (Wildman–Crippen MR) is 76.9 cm³/mol. The molecule has 0 saturated carbocycles. The van der Waals surface area contributed by atoms with Crippen molar-refractivity contribution in [2.45, 2.75) is 6.92 Å². The lowest BCUT2D eigenvalue weighted by Gasteiger charge is -2.15. The second-order valence-electron chi connectivity index (χ2n) is 3.70. The Labute approximate surface area is 125 Å². The maximum absolute atomic E-state index is 13.0. The molecule has 0 aromatic carbocycles. The van der Waals surface area contributed by atoms with Crippen molar-refractivity contribution in [3.63, 3.8) is 0 Å². The summed E-state index contributed by atoms with van der Waals surface area (Å²) < 4.78 is 13.0. The van der Waals surface area contributed by atoms with Gasteiger partial charge in [-0.3, -0.25) is 4.98 Å². The highest BCUT2D eigenvalue weighted by atomic mass is 35.5. The minimum atomic E-state index is -0.381. The second-order valence-corrected chi connectivity index (χ2v) is 4.49. The van der Waals surface area contributed by atoms with Crippen LogP contribution >= 0.6 is 23.2 Å². The van der Waals surface area contributed by atoms with Crippen LogP contribution in [-0.2, 0) is 0 Å². The zero-order chi connectivity index (χ0) is 14.5. The van der Waals surface area contributed by atoms with Crippen LogP contribution in [0.3, 0.4) is 0 Å². The Bertz CT molecular complexity index is 635. The van der Waals surface area contributed by atoms with Gasteiger partial charge in [-0.1, -0.05) is 23.2 Å². The van der Waals surface area contributed by atoms with Gasteiger partial charge in [0.25, 0.3) is 0 Å². The van der Waals surface area contributed by atoms with Crippen molar-refractivity contribution < 1.29 is 4.39 Å². The molecule has 2 rings (SSSR count). The van der Waals surface area contributed by atoms with E-state index in [0.29, 0.717) is 23.1 Å². The van der Waals surface area contributed by atoms with Crippen molar-refractivity contribution in [1.29, 1.82) is 0 Å². The molecule has 0 fully saturated rings. The van der Waals surface area contributed by atoms with Crippen LogP contribution in [0.15, 0.2) is 29.5 Å². The van der Waals surface area contributed by atoms with E-state index >= 15 is 0 Å². The number of anilines is 1. The molecule has 8 heteroatoms. The summed E-state index contributed by atoms with van der Waals surface area (Å²) in [5.74, 6) is -0.0139. The first-order valence-electron chi connectivity index (χ1n) is 5.72. The number of aromatic nitrogens is 3. The second kappa shape index (κ2) is 6.58. The van der Waals surface area contributed by atoms with E-state index in [1.165, 1.54) is 35.6 Å². The number of hydrogen-bond donors (Lipinski definition) is 0. The smallest absolute Gasteiger partial charge is 0.190 e. The van der Waals surface area contributed by atoms with E-state index in [0.717, 1.165) is 0 Å². The van der Waals surface area contributed by atoms with Crippen LogP contribution in [0.4, 0.5) is 10.2 Å². The lowest BCUT2D eigenvalue weighted by atomic mass is 10.4. The first kappa shape index (κ1) is 14.6. The third-order valence-corrected chi connectivity index (χ3v) is 2.78. The molecule has 2 aromatic rings. The summed E-state index contributed by atoms with van der Waals surface area (Å²) in [6.45, 7) is 2.37. The standard InChI is InChI=1S/C12H10Cl2FN5/c1-2-20(12-10(13)6-11(14)18-19-12)17-7-9-5-8(15)3-4-16-9/h3-7H,2H2,1H3. The molecule has 0 N–H and O–H groups in total. The zero-order valence-electron chi connectivity index (χ0n) is 10.5. The van der Waals surface area contributed by atoms with Gasteiger partial charge in [0.2, 0.25) is 0 Å². The highest BCUT2D eigenvalue weighted by Gasteiger charge is 2.10. The molecule has 20 heavy (non-hydrogen) atoms. The van der Waals surface area contributed by atoms with Crippen LogP contribution in [0.25, 0.3) is 0 Å². The van der Waals surface area contributed by atoms with E-state index in [4.69, 9.17) is 23.2 Å². The van der Waals surface area contributed by atoms with Crippen LogP contribution in [0.2, 0.25) is 10.2 Å². The Morgan fingerprint density at radius 3 is 2.80 bits per heavy atom. The molecule has 104 valence electrons. The van der Waals surface area contributed by atoms with E-state index in [1.807, 2.05) is 6.92 Å². The van der Waals surface area contributed by atoms with Gasteiger partial charge in [0.15, 0.2) is 11.0 Å². The summed E-state index contributed by atoms with van der Waals surface area (Å²) in [6.07, 6.45) is 2.78. The number of rotatable bonds is 4. The Morgan fingerprint density at radius 1 is 1.35 bits per heavy atom. The number of pyridine rings is 1. The monoisotopic (exact) mass is 313 g/mol. The molecule has 0 amide bonds. The van der Waals surface area contributed by atoms with Gasteiger partial charge >= 0.3 is 0 Å². The summed E-state index contributed by atoms with van der Waals surface area (Å²) in [5.41, 5.74) is 0.390.